The average Bonchev–Trinajstić information content (AvgIpc) is 2.30. The van der Waals surface area contributed by atoms with E-state index in [9.17, 15) is 0 Å². The summed E-state index contributed by atoms with van der Waals surface area (Å²) in [6.07, 6.45) is 1.04. The Bertz CT molecular complexity index is 365. The highest BCUT2D eigenvalue weighted by molar-refractivity contribution is 6.33. The van der Waals surface area contributed by atoms with E-state index < -0.39 is 0 Å². The van der Waals surface area contributed by atoms with Gasteiger partial charge in [0.2, 0.25) is 0 Å². The molecule has 0 amide bonds. The summed E-state index contributed by atoms with van der Waals surface area (Å²) in [4.78, 5) is 2.39. The van der Waals surface area contributed by atoms with Gasteiger partial charge in [-0.25, -0.2) is 0 Å². The molecule has 1 fully saturated rings. The van der Waals surface area contributed by atoms with Gasteiger partial charge in [0.05, 0.1) is 10.7 Å². The Kier molecular flexibility index (Phi) is 3.72. The molecule has 0 saturated carbocycles. The van der Waals surface area contributed by atoms with Gasteiger partial charge in [-0.1, -0.05) is 24.6 Å². The van der Waals surface area contributed by atoms with Crippen molar-refractivity contribution >= 4 is 17.3 Å². The molecule has 1 atom stereocenters. The van der Waals surface area contributed by atoms with Crippen LogP contribution in [0.15, 0.2) is 18.2 Å². The van der Waals surface area contributed by atoms with Crippen LogP contribution in [0.25, 0.3) is 0 Å². The van der Waals surface area contributed by atoms with Crippen molar-refractivity contribution in [3.8, 4) is 0 Å². The Balaban J connectivity index is 2.25. The Labute approximate surface area is 103 Å². The lowest BCUT2D eigenvalue weighted by atomic mass is 10.1. The van der Waals surface area contributed by atoms with Gasteiger partial charge in [0.1, 0.15) is 0 Å². The summed E-state index contributed by atoms with van der Waals surface area (Å²) in [5.74, 6) is 0. The maximum absolute atomic E-state index is 6.34. The molecule has 0 unspecified atom stereocenters. The van der Waals surface area contributed by atoms with Crippen LogP contribution in [0.5, 0.6) is 0 Å². The smallest absolute Gasteiger partial charge is 0.0642 e. The van der Waals surface area contributed by atoms with Gasteiger partial charge >= 0.3 is 0 Å². The van der Waals surface area contributed by atoms with Crippen molar-refractivity contribution in [1.82, 2.24) is 5.32 Å². The van der Waals surface area contributed by atoms with Gasteiger partial charge in [-0.05, 0) is 31.0 Å². The number of benzene rings is 1. The zero-order valence-corrected chi connectivity index (χ0v) is 10.7. The van der Waals surface area contributed by atoms with Gasteiger partial charge < -0.3 is 10.2 Å². The molecule has 16 heavy (non-hydrogen) atoms. The van der Waals surface area contributed by atoms with Crippen LogP contribution in [0.2, 0.25) is 5.02 Å². The number of anilines is 1. The fraction of sp³-hybridized carbons (Fsp3) is 0.538. The number of piperazine rings is 1. The number of halogens is 1. The van der Waals surface area contributed by atoms with E-state index in [4.69, 9.17) is 11.6 Å². The van der Waals surface area contributed by atoms with Crippen LogP contribution in [0.4, 0.5) is 5.69 Å². The summed E-state index contributed by atoms with van der Waals surface area (Å²) >= 11 is 6.34. The molecule has 1 aliphatic rings. The van der Waals surface area contributed by atoms with Gasteiger partial charge in [-0.3, -0.25) is 0 Å². The molecule has 1 saturated heterocycles. The molecule has 88 valence electrons. The molecule has 3 heteroatoms. The minimum absolute atomic E-state index is 0.513. The van der Waals surface area contributed by atoms with E-state index in [-0.39, 0.29) is 0 Å². The lowest BCUT2D eigenvalue weighted by Crippen LogP contribution is -2.50. The maximum atomic E-state index is 6.34. The molecule has 2 rings (SSSR count). The van der Waals surface area contributed by atoms with E-state index in [2.05, 4.69) is 42.3 Å². The van der Waals surface area contributed by atoms with Crippen molar-refractivity contribution in [2.45, 2.75) is 26.3 Å². The predicted octanol–water partition coefficient (Wildman–Crippen LogP) is 2.70. The summed E-state index contributed by atoms with van der Waals surface area (Å²) in [6.45, 7) is 7.49. The maximum Gasteiger partial charge on any atom is 0.0642 e. The van der Waals surface area contributed by atoms with Crippen molar-refractivity contribution in [2.75, 3.05) is 24.5 Å². The van der Waals surface area contributed by atoms with Crippen molar-refractivity contribution in [1.29, 1.82) is 0 Å². The first-order valence-corrected chi connectivity index (χ1v) is 6.36. The predicted molar refractivity (Wildman–Crippen MR) is 70.5 cm³/mol. The highest BCUT2D eigenvalue weighted by atomic mass is 35.5. The SMILES string of the molecule is CCc1ccc(N2CCNC[C@@H]2C)c(Cl)c1. The number of hydrogen-bond acceptors (Lipinski definition) is 2. The first-order chi connectivity index (χ1) is 7.72. The molecule has 0 bridgehead atoms. The van der Waals surface area contributed by atoms with E-state index in [0.717, 1.165) is 31.1 Å². The quantitative estimate of drug-likeness (QED) is 0.853. The first-order valence-electron chi connectivity index (χ1n) is 5.98. The highest BCUT2D eigenvalue weighted by Gasteiger charge is 2.19. The molecule has 0 aromatic heterocycles. The third-order valence-corrected chi connectivity index (χ3v) is 3.53. The van der Waals surface area contributed by atoms with Crippen molar-refractivity contribution in [3.05, 3.63) is 28.8 Å². The Morgan fingerprint density at radius 1 is 1.50 bits per heavy atom. The molecule has 1 aliphatic heterocycles. The van der Waals surface area contributed by atoms with E-state index in [1.807, 2.05) is 0 Å². The summed E-state index contributed by atoms with van der Waals surface area (Å²) in [6, 6.07) is 6.93. The van der Waals surface area contributed by atoms with Crippen LogP contribution in [-0.4, -0.2) is 25.7 Å². The third-order valence-electron chi connectivity index (χ3n) is 3.23. The topological polar surface area (TPSA) is 15.3 Å². The largest absolute Gasteiger partial charge is 0.365 e. The van der Waals surface area contributed by atoms with Crippen molar-refractivity contribution in [3.63, 3.8) is 0 Å². The summed E-state index contributed by atoms with van der Waals surface area (Å²) in [5, 5.41) is 4.27. The van der Waals surface area contributed by atoms with Gasteiger partial charge in [0.25, 0.3) is 0 Å². The van der Waals surface area contributed by atoms with E-state index in [1.165, 1.54) is 11.3 Å². The molecule has 1 aromatic carbocycles. The minimum atomic E-state index is 0.513. The molecule has 2 nitrogen and oxygen atoms in total. The minimum Gasteiger partial charge on any atom is -0.365 e. The van der Waals surface area contributed by atoms with Gasteiger partial charge in [0, 0.05) is 25.7 Å². The summed E-state index contributed by atoms with van der Waals surface area (Å²) < 4.78 is 0. The highest BCUT2D eigenvalue weighted by Crippen LogP contribution is 2.29. The van der Waals surface area contributed by atoms with Crippen molar-refractivity contribution < 1.29 is 0 Å². The molecule has 1 N–H and O–H groups in total. The van der Waals surface area contributed by atoms with Gasteiger partial charge in [0.15, 0.2) is 0 Å². The number of nitrogens with one attached hydrogen (secondary N) is 1. The van der Waals surface area contributed by atoms with Crippen LogP contribution < -0.4 is 10.2 Å². The average molecular weight is 239 g/mol. The van der Waals surface area contributed by atoms with Crippen LogP contribution in [0.1, 0.15) is 19.4 Å². The van der Waals surface area contributed by atoms with Gasteiger partial charge in [-0.15, -0.1) is 0 Å². The standard InChI is InChI=1S/C13H19ClN2/c1-3-11-4-5-13(12(14)8-11)16-7-6-15-9-10(16)2/h4-5,8,10,15H,3,6-7,9H2,1-2H3/t10-/m0/s1. The Hall–Kier alpha value is -0.730. The van der Waals surface area contributed by atoms with E-state index in [0.29, 0.717) is 6.04 Å². The normalized spacial score (nSPS) is 21.2. The van der Waals surface area contributed by atoms with Crippen LogP contribution >= 0.6 is 11.6 Å². The van der Waals surface area contributed by atoms with Crippen LogP contribution in [0, 0.1) is 0 Å². The second-order valence-electron chi connectivity index (χ2n) is 4.39. The third kappa shape index (κ3) is 2.33. The van der Waals surface area contributed by atoms with E-state index in [1.54, 1.807) is 0 Å². The van der Waals surface area contributed by atoms with E-state index >= 15 is 0 Å². The van der Waals surface area contributed by atoms with Crippen LogP contribution in [-0.2, 0) is 6.42 Å². The monoisotopic (exact) mass is 238 g/mol. The fourth-order valence-corrected chi connectivity index (χ4v) is 2.51. The first kappa shape index (κ1) is 11.7. The zero-order valence-electron chi connectivity index (χ0n) is 9.96. The lowest BCUT2D eigenvalue weighted by Gasteiger charge is -2.36. The van der Waals surface area contributed by atoms with Crippen LogP contribution in [0.3, 0.4) is 0 Å². The summed E-state index contributed by atoms with van der Waals surface area (Å²) in [7, 11) is 0. The van der Waals surface area contributed by atoms with Gasteiger partial charge in [-0.2, -0.15) is 0 Å². The number of hydrogen-bond donors (Lipinski definition) is 1. The second kappa shape index (κ2) is 5.07. The number of nitrogens with zero attached hydrogens (tertiary/aromatic N) is 1. The molecular formula is C13H19ClN2. The molecule has 0 spiro atoms. The fourth-order valence-electron chi connectivity index (χ4n) is 2.20. The molecular weight excluding hydrogens is 220 g/mol. The second-order valence-corrected chi connectivity index (χ2v) is 4.79. The molecule has 0 radical (unpaired) electrons. The zero-order chi connectivity index (χ0) is 11.5. The lowest BCUT2D eigenvalue weighted by molar-refractivity contribution is 0.501. The Morgan fingerprint density at radius 2 is 2.31 bits per heavy atom. The number of aryl methyl sites for hydroxylation is 1. The molecule has 1 aromatic rings. The molecule has 1 heterocycles. The summed E-state index contributed by atoms with van der Waals surface area (Å²) in [5.41, 5.74) is 2.48. The molecule has 0 aliphatic carbocycles. The Morgan fingerprint density at radius 3 is 2.94 bits per heavy atom. The number of rotatable bonds is 2. The van der Waals surface area contributed by atoms with Crippen molar-refractivity contribution in [2.24, 2.45) is 0 Å².